The van der Waals surface area contributed by atoms with E-state index >= 15 is 0 Å². The van der Waals surface area contributed by atoms with Crippen LogP contribution in [-0.4, -0.2) is 49.2 Å². The first kappa shape index (κ1) is 23.1. The predicted molar refractivity (Wildman–Crippen MR) is 140 cm³/mol. The van der Waals surface area contributed by atoms with Crippen molar-refractivity contribution in [1.82, 2.24) is 20.6 Å². The van der Waals surface area contributed by atoms with E-state index in [2.05, 4.69) is 39.1 Å². The summed E-state index contributed by atoms with van der Waals surface area (Å²) in [5.74, 6) is 0.0128. The van der Waals surface area contributed by atoms with Crippen LogP contribution in [0, 0.1) is 0 Å². The number of thiazole rings is 1. The second-order valence-electron chi connectivity index (χ2n) is 8.11. The van der Waals surface area contributed by atoms with Crippen molar-refractivity contribution in [2.45, 2.75) is 19.4 Å². The van der Waals surface area contributed by atoms with Gasteiger partial charge in [-0.1, -0.05) is 6.07 Å². The van der Waals surface area contributed by atoms with Crippen LogP contribution in [0.3, 0.4) is 0 Å². The Labute approximate surface area is 206 Å². The third-order valence-corrected chi connectivity index (χ3v) is 8.01. The molecule has 1 aliphatic rings. The van der Waals surface area contributed by atoms with Crippen LogP contribution in [0.4, 0.5) is 5.00 Å². The monoisotopic (exact) mass is 493 g/mol. The maximum Gasteiger partial charge on any atom is 0.226 e. The van der Waals surface area contributed by atoms with Crippen molar-refractivity contribution in [1.29, 1.82) is 0 Å². The molecule has 4 heterocycles. The number of nitrogens with zero attached hydrogens (tertiary/aromatic N) is 2. The number of benzene rings is 1. The molecule has 1 aromatic carbocycles. The highest BCUT2D eigenvalue weighted by Gasteiger charge is 2.25. The number of amides is 1. The van der Waals surface area contributed by atoms with Gasteiger partial charge in [0.1, 0.15) is 10.0 Å². The number of aromatic nitrogens is 2. The molecule has 9 heteroatoms. The molecule has 0 atom stereocenters. The van der Waals surface area contributed by atoms with Crippen LogP contribution in [0.15, 0.2) is 42.7 Å². The van der Waals surface area contributed by atoms with Gasteiger partial charge in [-0.3, -0.25) is 9.78 Å². The highest BCUT2D eigenvalue weighted by Crippen LogP contribution is 2.45. The fraction of sp³-hybridized carbons (Fsp3) is 0.320. The van der Waals surface area contributed by atoms with E-state index in [0.29, 0.717) is 19.6 Å². The molecule has 1 amide bonds. The average molecular weight is 494 g/mol. The smallest absolute Gasteiger partial charge is 0.226 e. The Hall–Kier alpha value is -2.69. The van der Waals surface area contributed by atoms with E-state index in [1.807, 2.05) is 12.1 Å². The zero-order chi connectivity index (χ0) is 23.3. The Bertz CT molecular complexity index is 1290. The maximum atomic E-state index is 12.7. The minimum Gasteiger partial charge on any atom is -0.383 e. The first-order valence-electron chi connectivity index (χ1n) is 11.4. The van der Waals surface area contributed by atoms with Gasteiger partial charge in [-0.05, 0) is 53.9 Å². The van der Waals surface area contributed by atoms with E-state index in [1.165, 1.54) is 10.4 Å². The lowest BCUT2D eigenvalue weighted by atomic mass is 10.0. The number of hydrogen-bond donors (Lipinski definition) is 3. The van der Waals surface area contributed by atoms with E-state index in [9.17, 15) is 4.79 Å². The highest BCUT2D eigenvalue weighted by molar-refractivity contribution is 7.23. The third kappa shape index (κ3) is 5.03. The molecule has 0 aliphatic carbocycles. The zero-order valence-corrected chi connectivity index (χ0v) is 20.7. The van der Waals surface area contributed by atoms with Crippen LogP contribution in [0.2, 0.25) is 0 Å². The van der Waals surface area contributed by atoms with Crippen LogP contribution in [0.25, 0.3) is 31.9 Å². The first-order valence-corrected chi connectivity index (χ1v) is 13.0. The molecule has 34 heavy (non-hydrogen) atoms. The molecule has 1 aliphatic heterocycles. The fourth-order valence-corrected chi connectivity index (χ4v) is 6.42. The van der Waals surface area contributed by atoms with Gasteiger partial charge >= 0.3 is 0 Å². The van der Waals surface area contributed by atoms with Gasteiger partial charge in [0.05, 0.1) is 16.8 Å². The number of anilines is 1. The van der Waals surface area contributed by atoms with Gasteiger partial charge in [0.2, 0.25) is 5.91 Å². The van der Waals surface area contributed by atoms with Gasteiger partial charge in [0, 0.05) is 56.0 Å². The Kier molecular flexibility index (Phi) is 7.27. The Morgan fingerprint density at radius 3 is 2.88 bits per heavy atom. The van der Waals surface area contributed by atoms with Crippen molar-refractivity contribution in [2.24, 2.45) is 0 Å². The Balaban J connectivity index is 1.43. The van der Waals surface area contributed by atoms with Crippen molar-refractivity contribution < 1.29 is 9.53 Å². The van der Waals surface area contributed by atoms with Crippen LogP contribution in [-0.2, 0) is 22.5 Å². The number of rotatable bonds is 9. The SMILES string of the molecule is COCCNCCC(=O)Nc1sc2c(c1-c1nc3cc(-c4ccncc4)ccc3s1)CCNC2. The van der Waals surface area contributed by atoms with Gasteiger partial charge in [-0.15, -0.1) is 22.7 Å². The van der Waals surface area contributed by atoms with E-state index < -0.39 is 0 Å². The standard InChI is InChI=1S/C25H27N5O2S2/c1-32-13-12-27-11-7-22(31)30-25-23(18-6-10-28-15-21(18)34-25)24-29-19-14-17(2-3-20(19)33-24)16-4-8-26-9-5-16/h2-5,8-9,14,27-28H,6-7,10-13,15H2,1H3,(H,30,31). The lowest BCUT2D eigenvalue weighted by molar-refractivity contribution is -0.116. The van der Waals surface area contributed by atoms with E-state index in [4.69, 9.17) is 9.72 Å². The molecule has 0 bridgehead atoms. The molecule has 0 unspecified atom stereocenters. The number of carbonyl (C=O) groups is 1. The molecule has 0 spiro atoms. The van der Waals surface area contributed by atoms with Crippen LogP contribution < -0.4 is 16.0 Å². The molecule has 3 N–H and O–H groups in total. The van der Waals surface area contributed by atoms with E-state index in [0.717, 1.165) is 63.0 Å². The van der Waals surface area contributed by atoms with Crippen LogP contribution in [0.1, 0.15) is 16.9 Å². The summed E-state index contributed by atoms with van der Waals surface area (Å²) in [7, 11) is 1.67. The summed E-state index contributed by atoms with van der Waals surface area (Å²) in [6, 6.07) is 10.4. The Morgan fingerprint density at radius 2 is 2.03 bits per heavy atom. The first-order chi connectivity index (χ1) is 16.7. The second kappa shape index (κ2) is 10.7. The summed E-state index contributed by atoms with van der Waals surface area (Å²) in [5.41, 5.74) is 5.62. The number of carbonyl (C=O) groups excluding carboxylic acids is 1. The van der Waals surface area contributed by atoms with Crippen molar-refractivity contribution >= 4 is 43.8 Å². The quantitative estimate of drug-likeness (QED) is 0.302. The third-order valence-electron chi connectivity index (χ3n) is 5.81. The van der Waals surface area contributed by atoms with Gasteiger partial charge in [0.15, 0.2) is 0 Å². The fourth-order valence-electron chi connectivity index (χ4n) is 4.10. The molecule has 5 rings (SSSR count). The van der Waals surface area contributed by atoms with Gasteiger partial charge < -0.3 is 20.7 Å². The number of nitrogens with one attached hydrogen (secondary N) is 3. The lowest BCUT2D eigenvalue weighted by Crippen LogP contribution is -2.24. The van der Waals surface area contributed by atoms with Crippen molar-refractivity contribution in [2.75, 3.05) is 38.7 Å². The number of hydrogen-bond acceptors (Lipinski definition) is 8. The molecule has 0 fully saturated rings. The molecule has 0 radical (unpaired) electrons. The largest absolute Gasteiger partial charge is 0.383 e. The average Bonchev–Trinajstić information content (AvgIpc) is 3.44. The molecular weight excluding hydrogens is 466 g/mol. The number of fused-ring (bicyclic) bond motifs is 2. The van der Waals surface area contributed by atoms with Gasteiger partial charge in [-0.2, -0.15) is 0 Å². The summed E-state index contributed by atoms with van der Waals surface area (Å²) in [6.07, 6.45) is 4.96. The molecule has 0 saturated heterocycles. The summed E-state index contributed by atoms with van der Waals surface area (Å²) in [5, 5.41) is 11.7. The zero-order valence-electron chi connectivity index (χ0n) is 19.0. The molecule has 0 saturated carbocycles. The summed E-state index contributed by atoms with van der Waals surface area (Å²) in [6.45, 7) is 3.76. The number of thiophene rings is 1. The van der Waals surface area contributed by atoms with Crippen molar-refractivity contribution in [3.63, 3.8) is 0 Å². The van der Waals surface area contributed by atoms with Gasteiger partial charge in [0.25, 0.3) is 0 Å². The summed E-state index contributed by atoms with van der Waals surface area (Å²) in [4.78, 5) is 23.1. The number of ether oxygens (including phenoxy) is 1. The minimum absolute atomic E-state index is 0.0128. The molecule has 176 valence electrons. The van der Waals surface area contributed by atoms with Gasteiger partial charge in [-0.25, -0.2) is 4.98 Å². The minimum atomic E-state index is 0.0128. The topological polar surface area (TPSA) is 88.2 Å². The van der Waals surface area contributed by atoms with Crippen LogP contribution >= 0.6 is 22.7 Å². The van der Waals surface area contributed by atoms with E-state index in [-0.39, 0.29) is 5.91 Å². The number of methoxy groups -OCH3 is 1. The molecule has 7 nitrogen and oxygen atoms in total. The highest BCUT2D eigenvalue weighted by atomic mass is 32.1. The van der Waals surface area contributed by atoms with E-state index in [1.54, 1.807) is 42.2 Å². The molecular formula is C25H27N5O2S2. The summed E-state index contributed by atoms with van der Waals surface area (Å²) < 4.78 is 6.18. The predicted octanol–water partition coefficient (Wildman–Crippen LogP) is 4.30. The summed E-state index contributed by atoms with van der Waals surface area (Å²) >= 11 is 3.35. The molecule has 3 aromatic heterocycles. The van der Waals surface area contributed by atoms with Crippen molar-refractivity contribution in [3.8, 4) is 21.7 Å². The maximum absolute atomic E-state index is 12.7. The normalized spacial score (nSPS) is 13.2. The van der Waals surface area contributed by atoms with Crippen LogP contribution in [0.5, 0.6) is 0 Å². The Morgan fingerprint density at radius 1 is 1.15 bits per heavy atom. The second-order valence-corrected chi connectivity index (χ2v) is 10.2. The number of pyridine rings is 1. The van der Waals surface area contributed by atoms with Crippen molar-refractivity contribution in [3.05, 3.63) is 53.2 Å². The lowest BCUT2D eigenvalue weighted by Gasteiger charge is -2.13. The molecule has 4 aromatic rings.